The maximum absolute atomic E-state index is 11.7. The van der Waals surface area contributed by atoms with Crippen molar-refractivity contribution in [3.8, 4) is 6.07 Å². The van der Waals surface area contributed by atoms with Gasteiger partial charge in [0.2, 0.25) is 0 Å². The molecule has 0 saturated heterocycles. The minimum Gasteiger partial charge on any atom is -0.267 e. The van der Waals surface area contributed by atoms with E-state index < -0.39 is 9.52 Å². The fraction of sp³-hybridized carbons (Fsp3) is 0.273. The molecule has 0 radical (unpaired) electrons. The molecule has 0 unspecified atom stereocenters. The molecule has 0 aliphatic carbocycles. The van der Waals surface area contributed by atoms with E-state index in [1.165, 1.54) is 0 Å². The molecule has 0 aliphatic heterocycles. The van der Waals surface area contributed by atoms with Crippen LogP contribution in [0.3, 0.4) is 0 Å². The first-order valence-electron chi connectivity index (χ1n) is 4.23. The Bertz CT molecular complexity index is 477. The van der Waals surface area contributed by atoms with E-state index in [1.807, 2.05) is 37.3 Å². The molecule has 0 amide bonds. The number of hydrogen-bond acceptors (Lipinski definition) is 2. The number of rotatable bonds is 1. The zero-order chi connectivity index (χ0) is 10.8. The molecule has 0 N–H and O–H groups in total. The molecule has 0 saturated carbocycles. The maximum Gasteiger partial charge on any atom is 0.111 e. The average molecular weight is 207 g/mol. The molecule has 0 atom stereocenters. The highest BCUT2D eigenvalue weighted by atomic mass is 32.2. The van der Waals surface area contributed by atoms with E-state index in [4.69, 9.17) is 5.26 Å². The zero-order valence-electron chi connectivity index (χ0n) is 8.57. The summed E-state index contributed by atoms with van der Waals surface area (Å²) in [4.78, 5) is 0.373. The predicted molar refractivity (Wildman–Crippen MR) is 60.9 cm³/mol. The van der Waals surface area contributed by atoms with Gasteiger partial charge in [-0.05, 0) is 16.4 Å². The number of nitriles is 1. The van der Waals surface area contributed by atoms with Crippen molar-refractivity contribution in [1.29, 1.82) is 5.26 Å². The highest BCUT2D eigenvalue weighted by Gasteiger charge is 2.06. The molecule has 0 aliphatic rings. The van der Waals surface area contributed by atoms with E-state index in [2.05, 4.69) is 0 Å². The lowest BCUT2D eigenvalue weighted by molar-refractivity contribution is 0.688. The van der Waals surface area contributed by atoms with Gasteiger partial charge in [-0.15, -0.1) is 0 Å². The summed E-state index contributed by atoms with van der Waals surface area (Å²) < 4.78 is 11.7. The molecule has 0 spiro atoms. The maximum atomic E-state index is 11.7. The Morgan fingerprint density at radius 3 is 2.14 bits per heavy atom. The minimum absolute atomic E-state index is 0.373. The SMILES string of the molecule is Cc1ccc(C(C#N)=S(C)(C)=O)cc1. The molecule has 0 heterocycles. The van der Waals surface area contributed by atoms with Crippen LogP contribution >= 0.6 is 0 Å². The topological polar surface area (TPSA) is 40.9 Å². The standard InChI is InChI=1S/C11H13NOS/c1-9-4-6-10(7-5-9)11(8-12)14(2,3)13/h4-7H,1-3H3. The van der Waals surface area contributed by atoms with E-state index in [0.29, 0.717) is 4.86 Å². The van der Waals surface area contributed by atoms with Gasteiger partial charge in [-0.25, -0.2) is 0 Å². The predicted octanol–water partition coefficient (Wildman–Crippen LogP) is 1.58. The second-order valence-corrected chi connectivity index (χ2v) is 6.41. The van der Waals surface area contributed by atoms with Gasteiger partial charge >= 0.3 is 0 Å². The summed E-state index contributed by atoms with van der Waals surface area (Å²) in [5.41, 5.74) is 1.89. The lowest BCUT2D eigenvalue weighted by Gasteiger charge is -2.03. The Kier molecular flexibility index (Phi) is 2.97. The second-order valence-electron chi connectivity index (χ2n) is 3.54. The summed E-state index contributed by atoms with van der Waals surface area (Å²) in [6.45, 7) is 1.98. The molecule has 1 aromatic carbocycles. The second kappa shape index (κ2) is 3.85. The first-order chi connectivity index (χ1) is 6.45. The summed E-state index contributed by atoms with van der Waals surface area (Å²) >= 11 is 0. The zero-order valence-corrected chi connectivity index (χ0v) is 9.39. The van der Waals surface area contributed by atoms with E-state index in [1.54, 1.807) is 12.5 Å². The Morgan fingerprint density at radius 1 is 1.29 bits per heavy atom. The van der Waals surface area contributed by atoms with E-state index in [0.717, 1.165) is 11.1 Å². The molecule has 1 rings (SSSR count). The van der Waals surface area contributed by atoms with E-state index >= 15 is 0 Å². The van der Waals surface area contributed by atoms with Crippen molar-refractivity contribution in [3.63, 3.8) is 0 Å². The Hall–Kier alpha value is -1.27. The smallest absolute Gasteiger partial charge is 0.111 e. The van der Waals surface area contributed by atoms with Crippen LogP contribution in [0.2, 0.25) is 0 Å². The van der Waals surface area contributed by atoms with Gasteiger partial charge in [0.05, 0.1) is 0 Å². The first kappa shape index (κ1) is 10.8. The van der Waals surface area contributed by atoms with Crippen molar-refractivity contribution in [2.75, 3.05) is 12.5 Å². The van der Waals surface area contributed by atoms with Crippen molar-refractivity contribution in [2.45, 2.75) is 6.92 Å². The molecular formula is C11H13NOS. The number of nitrogens with zero attached hydrogens (tertiary/aromatic N) is 1. The van der Waals surface area contributed by atoms with E-state index in [-0.39, 0.29) is 0 Å². The minimum atomic E-state index is -2.18. The summed E-state index contributed by atoms with van der Waals surface area (Å²) in [5, 5.41) is 8.92. The van der Waals surface area contributed by atoms with Crippen molar-refractivity contribution >= 4 is 14.4 Å². The van der Waals surface area contributed by atoms with Gasteiger partial charge in [-0.1, -0.05) is 29.8 Å². The van der Waals surface area contributed by atoms with Gasteiger partial charge in [0, 0.05) is 18.1 Å². The highest BCUT2D eigenvalue weighted by Crippen LogP contribution is 2.06. The quantitative estimate of drug-likeness (QED) is 0.518. The van der Waals surface area contributed by atoms with Crippen LogP contribution in [0, 0.1) is 18.3 Å². The molecule has 0 aromatic heterocycles. The number of aryl methyl sites for hydroxylation is 1. The van der Waals surface area contributed by atoms with Gasteiger partial charge in [0.25, 0.3) is 0 Å². The summed E-state index contributed by atoms with van der Waals surface area (Å²) in [7, 11) is -2.18. The van der Waals surface area contributed by atoms with Crippen LogP contribution in [0.15, 0.2) is 24.3 Å². The normalized spacial score (nSPS) is 10.7. The van der Waals surface area contributed by atoms with Gasteiger partial charge in [-0.2, -0.15) is 5.26 Å². The Morgan fingerprint density at radius 2 is 1.79 bits per heavy atom. The van der Waals surface area contributed by atoms with Crippen LogP contribution in [0.25, 0.3) is 0 Å². The molecule has 0 fully saturated rings. The van der Waals surface area contributed by atoms with Gasteiger partial charge in [0.1, 0.15) is 10.9 Å². The first-order valence-corrected chi connectivity index (χ1v) is 6.61. The van der Waals surface area contributed by atoms with Crippen LogP contribution in [-0.4, -0.2) is 21.6 Å². The summed E-state index contributed by atoms with van der Waals surface area (Å²) in [5.74, 6) is 0. The van der Waals surface area contributed by atoms with Crippen LogP contribution in [0.5, 0.6) is 0 Å². The van der Waals surface area contributed by atoms with E-state index in [9.17, 15) is 4.21 Å². The van der Waals surface area contributed by atoms with Crippen molar-refractivity contribution in [2.24, 2.45) is 0 Å². The van der Waals surface area contributed by atoms with Crippen LogP contribution in [-0.2, 0) is 9.52 Å². The van der Waals surface area contributed by atoms with Crippen LogP contribution < -0.4 is 0 Å². The molecule has 0 bridgehead atoms. The molecule has 1 aromatic rings. The average Bonchev–Trinajstić information content (AvgIpc) is 2.07. The fourth-order valence-electron chi connectivity index (χ4n) is 1.16. The third kappa shape index (κ3) is 2.36. The third-order valence-electron chi connectivity index (χ3n) is 1.91. The van der Waals surface area contributed by atoms with Crippen molar-refractivity contribution < 1.29 is 4.21 Å². The fourth-order valence-corrected chi connectivity index (χ4v) is 2.09. The molecular weight excluding hydrogens is 194 g/mol. The number of benzene rings is 1. The Labute approximate surface area is 85.2 Å². The molecule has 3 heteroatoms. The largest absolute Gasteiger partial charge is 0.267 e. The Balaban J connectivity index is 3.40. The summed E-state index contributed by atoms with van der Waals surface area (Å²) in [6.07, 6.45) is 3.18. The lowest BCUT2D eigenvalue weighted by atomic mass is 10.1. The highest BCUT2D eigenvalue weighted by molar-refractivity contribution is 8.01. The van der Waals surface area contributed by atoms with Crippen molar-refractivity contribution in [1.82, 2.24) is 0 Å². The third-order valence-corrected chi connectivity index (χ3v) is 3.22. The van der Waals surface area contributed by atoms with Crippen LogP contribution in [0.1, 0.15) is 11.1 Å². The van der Waals surface area contributed by atoms with Gasteiger partial charge < -0.3 is 0 Å². The lowest BCUT2D eigenvalue weighted by Crippen LogP contribution is -2.10. The van der Waals surface area contributed by atoms with Crippen molar-refractivity contribution in [3.05, 3.63) is 35.4 Å². The molecule has 14 heavy (non-hydrogen) atoms. The van der Waals surface area contributed by atoms with Gasteiger partial charge in [-0.3, -0.25) is 4.21 Å². The van der Waals surface area contributed by atoms with Crippen LogP contribution in [0.4, 0.5) is 0 Å². The van der Waals surface area contributed by atoms with Gasteiger partial charge in [0.15, 0.2) is 0 Å². The monoisotopic (exact) mass is 207 g/mol. The molecule has 74 valence electrons. The number of hydrogen-bond donors (Lipinski definition) is 0. The summed E-state index contributed by atoms with van der Waals surface area (Å²) in [6, 6.07) is 9.52. The molecule has 2 nitrogen and oxygen atoms in total.